The lowest BCUT2D eigenvalue weighted by molar-refractivity contribution is 0.557. The molecule has 0 aliphatic heterocycles. The van der Waals surface area contributed by atoms with Crippen LogP contribution in [0.3, 0.4) is 0 Å². The van der Waals surface area contributed by atoms with Gasteiger partial charge in [-0.3, -0.25) is 0 Å². The topological polar surface area (TPSA) is 0 Å². The molecule has 0 bridgehead atoms. The molecule has 0 unspecified atom stereocenters. The lowest BCUT2D eigenvalue weighted by atomic mass is 10.0. The molecule has 1 fully saturated rings. The summed E-state index contributed by atoms with van der Waals surface area (Å²) in [6.07, 6.45) is -23.8. The van der Waals surface area contributed by atoms with Gasteiger partial charge in [0.2, 0.25) is 0 Å². The van der Waals surface area contributed by atoms with Gasteiger partial charge >= 0.3 is 0 Å². The smallest absolute Gasteiger partial charge is 0.0435 e. The van der Waals surface area contributed by atoms with Crippen LogP contribution in [0.5, 0.6) is 0 Å². The van der Waals surface area contributed by atoms with Crippen LogP contribution in [0.25, 0.3) is 0 Å². The molecule has 108 valence electrons. The molecule has 0 aromatic heterocycles. The van der Waals surface area contributed by atoms with Gasteiger partial charge in [0.05, 0.1) is 0 Å². The van der Waals surface area contributed by atoms with Crippen molar-refractivity contribution in [2.24, 2.45) is 0 Å². The first-order valence-corrected chi connectivity index (χ1v) is 8.89. The minimum absolute atomic E-state index is 2.46. The fraction of sp³-hybridized carbons (Fsp3) is 1.00. The van der Waals surface area contributed by atoms with Gasteiger partial charge in [-0.05, 0) is 38.2 Å². The van der Waals surface area contributed by atoms with Gasteiger partial charge < -0.3 is 0 Å². The first kappa shape index (κ1) is 5.46. The normalized spacial score (nSPS) is 101. The monoisotopic (exact) mass is 654 g/mol. The van der Waals surface area contributed by atoms with Crippen molar-refractivity contribution in [3.8, 4) is 0 Å². The number of hydrogen-bond acceptors (Lipinski definition) is 0. The van der Waals surface area contributed by atoms with E-state index < -0.39 is 67.1 Å². The Morgan fingerprint density at radius 2 is 0.611 bits per heavy atom. The Labute approximate surface area is 186 Å². The van der Waals surface area contributed by atoms with Gasteiger partial charge in [0.25, 0.3) is 0 Å². The molecule has 0 aromatic rings. The Bertz CT molecular complexity index is 587. The molecule has 0 nitrogen and oxygen atoms in total. The molecular formula is C12H18Br6. The molecule has 0 heterocycles. The predicted octanol–water partition coefficient (Wildman–Crippen LogP) is 6.92. The molecule has 0 spiro atoms. The summed E-state index contributed by atoms with van der Waals surface area (Å²) in [7, 11) is 0. The Morgan fingerprint density at radius 1 is 0.500 bits per heavy atom. The van der Waals surface area contributed by atoms with Gasteiger partial charge in [0.15, 0.2) is 0 Å². The minimum atomic E-state index is -3.97. The number of rotatable bonds is 0. The molecule has 6 heteroatoms. The molecule has 1 aliphatic carbocycles. The third kappa shape index (κ3) is 6.76. The summed E-state index contributed by atoms with van der Waals surface area (Å²) < 4.78 is 152. The van der Waals surface area contributed by atoms with Crippen molar-refractivity contribution in [2.75, 3.05) is 0 Å². The van der Waals surface area contributed by atoms with Crippen LogP contribution in [0.2, 0.25) is 0 Å². The van der Waals surface area contributed by atoms with Crippen LogP contribution >= 0.6 is 95.6 Å². The zero-order valence-electron chi connectivity index (χ0n) is 26.3. The maximum atomic E-state index is 8.54. The summed E-state index contributed by atoms with van der Waals surface area (Å²) in [6.45, 7) is 0. The van der Waals surface area contributed by atoms with E-state index in [-0.39, 0.29) is 0 Å². The van der Waals surface area contributed by atoms with Crippen molar-refractivity contribution in [3.63, 3.8) is 0 Å². The summed E-state index contributed by atoms with van der Waals surface area (Å²) in [5, 5.41) is 0. The minimum Gasteiger partial charge on any atom is -0.0879 e. The Hall–Kier alpha value is 2.88. The predicted molar refractivity (Wildman–Crippen MR) is 104 cm³/mol. The van der Waals surface area contributed by atoms with E-state index in [0.29, 0.717) is 0 Å². The second-order valence-electron chi connectivity index (χ2n) is 2.63. The van der Waals surface area contributed by atoms with Crippen LogP contribution < -0.4 is 0 Å². The van der Waals surface area contributed by atoms with E-state index in [1.165, 1.54) is 0 Å². The quantitative estimate of drug-likeness (QED) is 0.248. The largest absolute Gasteiger partial charge is 0.0879 e. The van der Waals surface area contributed by atoms with Crippen LogP contribution in [0.1, 0.15) is 62.9 Å². The zero-order valence-corrected chi connectivity index (χ0v) is 17.8. The summed E-state index contributed by atoms with van der Waals surface area (Å²) >= 11 is 14.8. The highest BCUT2D eigenvalue weighted by atomic mass is 79.9. The van der Waals surface area contributed by atoms with Gasteiger partial charge in [-0.15, -0.1) is 0 Å². The third-order valence-corrected chi connectivity index (χ3v) is 6.59. The van der Waals surface area contributed by atoms with E-state index in [1.54, 1.807) is 0 Å². The molecule has 0 saturated heterocycles. The highest BCUT2D eigenvalue weighted by Crippen LogP contribution is 2.34. The molecule has 1 rings (SSSR count). The molecule has 0 amide bonds. The molecule has 0 N–H and O–H groups in total. The molecular weight excluding hydrogens is 624 g/mol. The molecule has 0 aromatic carbocycles. The number of halogens is 6. The Balaban J connectivity index is 4.55. The lowest BCUT2D eigenvalue weighted by Gasteiger charge is -2.25. The van der Waals surface area contributed by atoms with E-state index in [9.17, 15) is 0 Å². The van der Waals surface area contributed by atoms with E-state index in [0.717, 1.165) is 0 Å². The SMILES string of the molecule is [2H]C1([2H])C([2H])([2H])[C@]([2H])(Br)[C@]([2H])(Br)C([2H])([2H])C([2H])([2H])[C@@]([2H])(Br)[C@]([2H])(Br)C([2H])([2H])C([2H])([2H])[C@@]([2H])(Br)[C@@]1([2H])Br. The van der Waals surface area contributed by atoms with Gasteiger partial charge in [0.1, 0.15) is 0 Å². The van der Waals surface area contributed by atoms with Crippen LogP contribution in [0, 0.1) is 0 Å². The van der Waals surface area contributed by atoms with E-state index >= 15 is 0 Å². The molecule has 18 heavy (non-hydrogen) atoms. The number of hydrogen-bond donors (Lipinski definition) is 0. The number of alkyl halides is 6. The first-order chi connectivity index (χ1) is 15.0. The Kier molecular flexibility index (Phi) is 2.97. The average Bonchev–Trinajstić information content (AvgIpc) is 2.65. The average molecular weight is 660 g/mol. The summed E-state index contributed by atoms with van der Waals surface area (Å²) in [5.74, 6) is 0. The summed E-state index contributed by atoms with van der Waals surface area (Å²) in [4.78, 5) is -21.6. The van der Waals surface area contributed by atoms with Crippen LogP contribution in [-0.4, -0.2) is 28.8 Å². The highest BCUT2D eigenvalue weighted by Gasteiger charge is 2.25. The zero-order chi connectivity index (χ0) is 30.0. The van der Waals surface area contributed by atoms with Crippen molar-refractivity contribution in [3.05, 3.63) is 0 Å². The van der Waals surface area contributed by atoms with Crippen molar-refractivity contribution in [1.29, 1.82) is 0 Å². The second kappa shape index (κ2) is 9.81. The standard InChI is InChI=1S/C12H18Br6/c13-7-1-2-8(14)10(16)5-6-12(18)11(17)4-3-9(7)15/h7-12H,1-6H2/t7-,8-,9-,10+,11-,12+/m1/s1/i1D2,2D2,3D2,4D2,5D2,6D2,7D,8D,9D,10D,11D,12D. The van der Waals surface area contributed by atoms with Crippen molar-refractivity contribution in [1.82, 2.24) is 0 Å². The van der Waals surface area contributed by atoms with E-state index in [4.69, 9.17) is 24.7 Å². The fourth-order valence-corrected chi connectivity index (χ4v) is 1.85. The molecule has 0 radical (unpaired) electrons. The van der Waals surface area contributed by atoms with Gasteiger partial charge in [-0.25, -0.2) is 0 Å². The molecule has 1 saturated carbocycles. The van der Waals surface area contributed by atoms with Crippen LogP contribution in [0.15, 0.2) is 0 Å². The van der Waals surface area contributed by atoms with Gasteiger partial charge in [-0.1, -0.05) is 95.6 Å². The van der Waals surface area contributed by atoms with Crippen LogP contribution in [0.4, 0.5) is 0 Å². The molecule has 1 aliphatic rings. The van der Waals surface area contributed by atoms with Crippen molar-refractivity contribution in [2.45, 2.75) is 67.1 Å². The maximum Gasteiger partial charge on any atom is 0.0435 e. The lowest BCUT2D eigenvalue weighted by Crippen LogP contribution is -2.25. The summed E-state index contributed by atoms with van der Waals surface area (Å²) in [5.41, 5.74) is 0. The van der Waals surface area contributed by atoms with Gasteiger partial charge in [-0.2, -0.15) is 0 Å². The highest BCUT2D eigenvalue weighted by molar-refractivity contribution is 9.13. The second-order valence-corrected chi connectivity index (χ2v) is 7.39. The van der Waals surface area contributed by atoms with Crippen LogP contribution in [-0.2, 0) is 0 Å². The fourth-order valence-electron chi connectivity index (χ4n) is 0.658. The Morgan fingerprint density at radius 3 is 0.722 bits per heavy atom. The maximum absolute atomic E-state index is 8.54. The van der Waals surface area contributed by atoms with Crippen molar-refractivity contribution < 1.29 is 24.7 Å². The van der Waals surface area contributed by atoms with Crippen molar-refractivity contribution >= 4 is 95.6 Å². The van der Waals surface area contributed by atoms with E-state index in [1.807, 2.05) is 0 Å². The summed E-state index contributed by atoms with van der Waals surface area (Å²) in [6, 6.07) is 0. The third-order valence-electron chi connectivity index (χ3n) is 1.42. The first-order valence-electron chi connectivity index (χ1n) is 13.1. The van der Waals surface area contributed by atoms with E-state index in [2.05, 4.69) is 95.6 Å². The van der Waals surface area contributed by atoms with Gasteiger partial charge in [0, 0.05) is 53.5 Å². The molecule has 6 atom stereocenters.